The summed E-state index contributed by atoms with van der Waals surface area (Å²) in [4.78, 5) is 4.01. The number of nitrogens with zero attached hydrogens (tertiary/aromatic N) is 2. The van der Waals surface area contributed by atoms with E-state index in [0.717, 1.165) is 39.1 Å². The fourth-order valence-electron chi connectivity index (χ4n) is 6.83. The third-order valence-corrected chi connectivity index (χ3v) is 8.42. The van der Waals surface area contributed by atoms with Gasteiger partial charge in [-0.15, -0.1) is 0 Å². The number of allylic oxidation sites excluding steroid dienone is 3. The van der Waals surface area contributed by atoms with Crippen LogP contribution < -0.4 is 10.6 Å². The number of aryl methyl sites for hydroxylation is 1. The van der Waals surface area contributed by atoms with Crippen LogP contribution in [0.3, 0.4) is 0 Å². The van der Waals surface area contributed by atoms with E-state index in [2.05, 4.69) is 30.7 Å². The zero-order valence-corrected chi connectivity index (χ0v) is 21.9. The highest BCUT2D eigenvalue weighted by Crippen LogP contribution is 2.59. The van der Waals surface area contributed by atoms with Crippen LogP contribution in [0.4, 0.5) is 5.69 Å². The molecule has 188 valence electrons. The predicted molar refractivity (Wildman–Crippen MR) is 143 cm³/mol. The molecule has 1 aromatic rings. The van der Waals surface area contributed by atoms with Crippen LogP contribution >= 0.6 is 0 Å². The number of aliphatic hydroxyl groups excluding tert-OH is 1. The van der Waals surface area contributed by atoms with Gasteiger partial charge in [0.2, 0.25) is 0 Å². The lowest BCUT2D eigenvalue weighted by Gasteiger charge is -2.54. The van der Waals surface area contributed by atoms with Gasteiger partial charge in [-0.1, -0.05) is 26.7 Å². The molecular formula is C29H39N3O3. The number of hydrogen-bond acceptors (Lipinski definition) is 6. The molecule has 4 rings (SSSR count). The molecule has 0 amide bonds. The van der Waals surface area contributed by atoms with Gasteiger partial charge in [0, 0.05) is 42.5 Å². The van der Waals surface area contributed by atoms with Crippen molar-refractivity contribution in [3.8, 4) is 5.75 Å². The van der Waals surface area contributed by atoms with Crippen molar-refractivity contribution in [3.05, 3.63) is 76.2 Å². The minimum atomic E-state index is -1.42. The highest BCUT2D eigenvalue weighted by Gasteiger charge is 2.57. The van der Waals surface area contributed by atoms with Gasteiger partial charge in [-0.2, -0.15) is 0 Å². The minimum absolute atomic E-state index is 0.0801. The fraction of sp³-hybridized carbons (Fsp3) is 0.448. The first-order valence-electron chi connectivity index (χ1n) is 12.2. The lowest BCUT2D eigenvalue weighted by Crippen LogP contribution is -2.58. The van der Waals surface area contributed by atoms with E-state index in [0.29, 0.717) is 30.4 Å². The first kappa shape index (κ1) is 25.1. The predicted octanol–water partition coefficient (Wildman–Crippen LogP) is 4.06. The molecule has 1 unspecified atom stereocenters. The quantitative estimate of drug-likeness (QED) is 0.523. The van der Waals surface area contributed by atoms with E-state index in [1.807, 2.05) is 46.9 Å². The summed E-state index contributed by atoms with van der Waals surface area (Å²) in [6.45, 7) is 16.5. The Morgan fingerprint density at radius 3 is 2.34 bits per heavy atom. The molecular weight excluding hydrogens is 438 g/mol. The third-order valence-electron chi connectivity index (χ3n) is 8.42. The molecule has 0 aromatic heterocycles. The molecule has 3 aliphatic carbocycles. The Morgan fingerprint density at radius 2 is 1.83 bits per heavy atom. The van der Waals surface area contributed by atoms with Crippen LogP contribution in [0.2, 0.25) is 0 Å². The molecule has 0 radical (unpaired) electrons. The van der Waals surface area contributed by atoms with E-state index in [1.54, 1.807) is 0 Å². The Hall–Kier alpha value is -2.96. The third kappa shape index (κ3) is 3.30. The van der Waals surface area contributed by atoms with Crippen molar-refractivity contribution < 1.29 is 15.3 Å². The topological polar surface area (TPSA) is 93.2 Å². The van der Waals surface area contributed by atoms with Crippen LogP contribution in [-0.2, 0) is 12.8 Å². The van der Waals surface area contributed by atoms with Gasteiger partial charge in [0.1, 0.15) is 17.1 Å². The standard InChI is InChI=1S/C29H39N3O3/c1-10-18-13-22(31(6)7)20-11-19-12-21-26(32(8)9)28(34)25(17(5)30)16(4)29(21,35)15(3)23(19)14(2)24(20)27(18)33/h13,19,21,26,33-35H,2,4-5,10-12,30H2,1,3,6-9H3/t19-,21-,26?,29-/m0/s1. The maximum atomic E-state index is 12.4. The number of phenolic OH excluding ortho intramolecular Hbond substituents is 1. The Bertz CT molecular complexity index is 1220. The Morgan fingerprint density at radius 1 is 1.20 bits per heavy atom. The molecule has 0 saturated heterocycles. The smallest absolute Gasteiger partial charge is 0.126 e. The van der Waals surface area contributed by atoms with Gasteiger partial charge in [0.25, 0.3) is 0 Å². The molecule has 0 aliphatic heterocycles. The molecule has 0 fully saturated rings. The zero-order chi connectivity index (χ0) is 26.1. The second kappa shape index (κ2) is 8.32. The largest absolute Gasteiger partial charge is 0.510 e. The average Bonchev–Trinajstić information content (AvgIpc) is 2.75. The fourth-order valence-corrected chi connectivity index (χ4v) is 6.83. The second-order valence-electron chi connectivity index (χ2n) is 10.7. The van der Waals surface area contributed by atoms with Crippen molar-refractivity contribution in [1.29, 1.82) is 0 Å². The molecule has 6 heteroatoms. The van der Waals surface area contributed by atoms with Gasteiger partial charge in [-0.05, 0) is 85.7 Å². The minimum Gasteiger partial charge on any atom is -0.510 e. The molecule has 3 aliphatic rings. The summed E-state index contributed by atoms with van der Waals surface area (Å²) in [6, 6.07) is 1.62. The number of benzene rings is 1. The summed E-state index contributed by atoms with van der Waals surface area (Å²) in [5.74, 6) is 0.125. The molecule has 4 atom stereocenters. The van der Waals surface area contributed by atoms with Crippen molar-refractivity contribution in [2.45, 2.75) is 44.8 Å². The highest BCUT2D eigenvalue weighted by atomic mass is 16.3. The van der Waals surface area contributed by atoms with E-state index < -0.39 is 11.6 Å². The van der Waals surface area contributed by atoms with Gasteiger partial charge < -0.3 is 26.0 Å². The summed E-state index contributed by atoms with van der Waals surface area (Å²) in [5.41, 5.74) is 11.8. The lowest BCUT2D eigenvalue weighted by atomic mass is 9.55. The van der Waals surface area contributed by atoms with Crippen molar-refractivity contribution in [2.24, 2.45) is 17.6 Å². The summed E-state index contributed by atoms with van der Waals surface area (Å²) in [7, 11) is 7.82. The second-order valence-corrected chi connectivity index (χ2v) is 10.7. The summed E-state index contributed by atoms with van der Waals surface area (Å²) in [6.07, 6.45) is 2.04. The van der Waals surface area contributed by atoms with Crippen molar-refractivity contribution in [3.63, 3.8) is 0 Å². The van der Waals surface area contributed by atoms with E-state index in [1.165, 1.54) is 0 Å². The Balaban J connectivity index is 2.00. The average molecular weight is 478 g/mol. The first-order chi connectivity index (χ1) is 16.3. The number of nitrogens with two attached hydrogens (primary N) is 1. The molecule has 0 saturated carbocycles. The van der Waals surface area contributed by atoms with Crippen LogP contribution in [0.25, 0.3) is 5.57 Å². The number of aliphatic hydroxyl groups is 2. The molecule has 5 N–H and O–H groups in total. The maximum absolute atomic E-state index is 12.4. The molecule has 0 bridgehead atoms. The lowest BCUT2D eigenvalue weighted by molar-refractivity contribution is -0.0178. The number of rotatable bonds is 4. The van der Waals surface area contributed by atoms with Crippen LogP contribution in [0.15, 0.2) is 59.6 Å². The van der Waals surface area contributed by atoms with Gasteiger partial charge >= 0.3 is 0 Å². The van der Waals surface area contributed by atoms with Gasteiger partial charge in [-0.3, -0.25) is 4.90 Å². The molecule has 0 spiro atoms. The monoisotopic (exact) mass is 477 g/mol. The SMILES string of the molecule is C=C(N)C1=C(O)C(N(C)C)[C@@H]2C[C@@H]3Cc4c(N(C)C)cc(CC)c(O)c4C(=C)C3=C(C)[C@]2(O)C1=C. The number of fused-ring (bicyclic) bond motifs is 3. The summed E-state index contributed by atoms with van der Waals surface area (Å²) < 4.78 is 0. The molecule has 6 nitrogen and oxygen atoms in total. The molecule has 35 heavy (non-hydrogen) atoms. The van der Waals surface area contributed by atoms with Crippen molar-refractivity contribution >= 4 is 11.3 Å². The van der Waals surface area contributed by atoms with E-state index in [4.69, 9.17) is 5.73 Å². The van der Waals surface area contributed by atoms with Crippen molar-refractivity contribution in [2.75, 3.05) is 33.1 Å². The summed E-state index contributed by atoms with van der Waals surface area (Å²) in [5, 5.41) is 34.9. The normalized spacial score (nSPS) is 28.2. The van der Waals surface area contributed by atoms with E-state index >= 15 is 0 Å². The number of anilines is 1. The zero-order valence-electron chi connectivity index (χ0n) is 21.9. The number of phenols is 1. The van der Waals surface area contributed by atoms with Gasteiger partial charge in [0.15, 0.2) is 0 Å². The summed E-state index contributed by atoms with van der Waals surface area (Å²) >= 11 is 0. The van der Waals surface area contributed by atoms with E-state index in [-0.39, 0.29) is 29.0 Å². The van der Waals surface area contributed by atoms with Crippen LogP contribution in [0.1, 0.15) is 37.0 Å². The van der Waals surface area contributed by atoms with Crippen molar-refractivity contribution in [1.82, 2.24) is 4.90 Å². The number of hydrogen-bond donors (Lipinski definition) is 4. The van der Waals surface area contributed by atoms with Crippen LogP contribution in [0.5, 0.6) is 5.75 Å². The maximum Gasteiger partial charge on any atom is 0.126 e. The van der Waals surface area contributed by atoms with Gasteiger partial charge in [-0.25, -0.2) is 0 Å². The first-order valence-corrected chi connectivity index (χ1v) is 12.2. The number of aromatic hydroxyl groups is 1. The van der Waals surface area contributed by atoms with Crippen LogP contribution in [0, 0.1) is 11.8 Å². The van der Waals surface area contributed by atoms with Gasteiger partial charge in [0.05, 0.1) is 6.04 Å². The van der Waals surface area contributed by atoms with Crippen LogP contribution in [-0.4, -0.2) is 60.1 Å². The Labute approximate surface area is 209 Å². The molecule has 1 aromatic carbocycles. The highest BCUT2D eigenvalue weighted by molar-refractivity contribution is 5.90. The molecule has 0 heterocycles. The number of likely N-dealkylation sites (N-methyl/N-ethyl adjacent to an activating group) is 1. The Kier molecular flexibility index (Phi) is 5.97. The van der Waals surface area contributed by atoms with E-state index in [9.17, 15) is 15.3 Å².